The van der Waals surface area contributed by atoms with E-state index in [1.807, 2.05) is 50.1 Å². The van der Waals surface area contributed by atoms with Gasteiger partial charge in [-0.3, -0.25) is 4.79 Å². The molecule has 1 aromatic rings. The zero-order chi connectivity index (χ0) is 19.0. The van der Waals surface area contributed by atoms with Crippen molar-refractivity contribution in [1.82, 2.24) is 15.1 Å². The molecule has 0 saturated heterocycles. The maximum absolute atomic E-state index is 12.3. The second-order valence-corrected chi connectivity index (χ2v) is 5.82. The molecule has 0 heterocycles. The first-order chi connectivity index (χ1) is 11.6. The quantitative estimate of drug-likeness (QED) is 0.382. The van der Waals surface area contributed by atoms with Crippen LogP contribution in [0.4, 0.5) is 13.2 Å². The summed E-state index contributed by atoms with van der Waals surface area (Å²) < 4.78 is 37.0. The Morgan fingerprint density at radius 2 is 1.81 bits per heavy atom. The summed E-state index contributed by atoms with van der Waals surface area (Å²) in [7, 11) is 2.94. The number of carbonyl (C=O) groups is 1. The number of likely N-dealkylation sites (N-methyl/N-ethyl adjacent to an activating group) is 1. The molecule has 0 aliphatic heterocycles. The van der Waals surface area contributed by atoms with E-state index in [4.69, 9.17) is 0 Å². The molecule has 0 radical (unpaired) electrons. The molecule has 0 spiro atoms. The second-order valence-electron chi connectivity index (χ2n) is 5.82. The Hall–Kier alpha value is -1.52. The Bertz CT molecular complexity index is 608. The van der Waals surface area contributed by atoms with Crippen LogP contribution >= 0.6 is 24.0 Å². The van der Waals surface area contributed by atoms with Gasteiger partial charge in [-0.25, -0.2) is 4.99 Å². The molecule has 1 N–H and O–H groups in total. The second kappa shape index (κ2) is 11.2. The number of hydrogen-bond donors (Lipinski definition) is 1. The molecular formula is C17H26F3IN4O. The van der Waals surface area contributed by atoms with Gasteiger partial charge in [0.15, 0.2) is 5.96 Å². The smallest absolute Gasteiger partial charge is 0.357 e. The maximum atomic E-state index is 12.3. The normalized spacial score (nSPS) is 11.6. The first-order valence-corrected chi connectivity index (χ1v) is 7.98. The summed E-state index contributed by atoms with van der Waals surface area (Å²) in [4.78, 5) is 18.5. The zero-order valence-electron chi connectivity index (χ0n) is 15.4. The van der Waals surface area contributed by atoms with Crippen LogP contribution in [0.1, 0.15) is 18.1 Å². The van der Waals surface area contributed by atoms with Crippen LogP contribution < -0.4 is 5.32 Å². The molecule has 0 unspecified atom stereocenters. The molecule has 0 aromatic heterocycles. The van der Waals surface area contributed by atoms with E-state index in [0.29, 0.717) is 23.9 Å². The van der Waals surface area contributed by atoms with E-state index < -0.39 is 18.6 Å². The minimum absolute atomic E-state index is 0. The van der Waals surface area contributed by atoms with E-state index in [1.165, 1.54) is 0 Å². The molecule has 0 atom stereocenters. The number of rotatable bonds is 6. The van der Waals surface area contributed by atoms with Crippen LogP contribution in [0.3, 0.4) is 0 Å². The number of nitrogens with zero attached hydrogens (tertiary/aromatic N) is 3. The van der Waals surface area contributed by atoms with Crippen molar-refractivity contribution in [3.8, 4) is 0 Å². The van der Waals surface area contributed by atoms with Crippen LogP contribution in [0.2, 0.25) is 0 Å². The molecule has 148 valence electrons. The molecule has 1 amide bonds. The number of amides is 1. The van der Waals surface area contributed by atoms with Gasteiger partial charge in [0.25, 0.3) is 0 Å². The van der Waals surface area contributed by atoms with Crippen molar-refractivity contribution in [2.75, 3.05) is 33.7 Å². The number of alkyl halides is 3. The fourth-order valence-corrected chi connectivity index (χ4v) is 2.21. The van der Waals surface area contributed by atoms with Crippen LogP contribution in [0, 0.1) is 6.92 Å². The summed E-state index contributed by atoms with van der Waals surface area (Å²) in [6, 6.07) is 7.89. The predicted molar refractivity (Wildman–Crippen MR) is 108 cm³/mol. The van der Waals surface area contributed by atoms with Gasteiger partial charge in [0.1, 0.15) is 13.1 Å². The van der Waals surface area contributed by atoms with Gasteiger partial charge in [-0.1, -0.05) is 24.3 Å². The lowest BCUT2D eigenvalue weighted by Crippen LogP contribution is -2.41. The molecule has 1 aromatic carbocycles. The van der Waals surface area contributed by atoms with E-state index in [2.05, 4.69) is 10.3 Å². The average molecular weight is 486 g/mol. The van der Waals surface area contributed by atoms with Gasteiger partial charge in [0.2, 0.25) is 5.91 Å². The van der Waals surface area contributed by atoms with Gasteiger partial charge >= 0.3 is 6.18 Å². The summed E-state index contributed by atoms with van der Waals surface area (Å²) in [6.07, 6.45) is -4.42. The van der Waals surface area contributed by atoms with Gasteiger partial charge in [0.05, 0.1) is 0 Å². The summed E-state index contributed by atoms with van der Waals surface area (Å²) in [5.74, 6) is -0.212. The molecule has 1 rings (SSSR count). The number of aliphatic imine (C=N–C) groups is 1. The standard InChI is InChI=1S/C17H25F3N4O.HI/c1-5-21-16(22-10-15(25)24(4)12-17(18,19)20)23(3)11-14-9-7-6-8-13(14)2;/h6-9H,5,10-12H2,1-4H3,(H,21,22);1H. The van der Waals surface area contributed by atoms with Crippen molar-refractivity contribution >= 4 is 35.8 Å². The molecule has 0 bridgehead atoms. The Kier molecular flexibility index (Phi) is 10.6. The number of hydrogen-bond acceptors (Lipinski definition) is 2. The highest BCUT2D eigenvalue weighted by atomic mass is 127. The number of carbonyl (C=O) groups excluding carboxylic acids is 1. The minimum Gasteiger partial charge on any atom is -0.357 e. The van der Waals surface area contributed by atoms with Gasteiger partial charge in [-0.15, -0.1) is 24.0 Å². The van der Waals surface area contributed by atoms with E-state index in [9.17, 15) is 18.0 Å². The van der Waals surface area contributed by atoms with Gasteiger partial charge in [0, 0.05) is 27.2 Å². The molecular weight excluding hydrogens is 460 g/mol. The molecule has 0 aliphatic carbocycles. The van der Waals surface area contributed by atoms with Crippen molar-refractivity contribution < 1.29 is 18.0 Å². The number of halogens is 4. The fraction of sp³-hybridized carbons (Fsp3) is 0.529. The highest BCUT2D eigenvalue weighted by molar-refractivity contribution is 14.0. The van der Waals surface area contributed by atoms with E-state index >= 15 is 0 Å². The zero-order valence-corrected chi connectivity index (χ0v) is 17.8. The maximum Gasteiger partial charge on any atom is 0.406 e. The lowest BCUT2D eigenvalue weighted by molar-refractivity contribution is -0.157. The summed E-state index contributed by atoms with van der Waals surface area (Å²) in [5, 5.41) is 3.05. The van der Waals surface area contributed by atoms with Gasteiger partial charge < -0.3 is 15.1 Å². The van der Waals surface area contributed by atoms with Crippen LogP contribution in [0.25, 0.3) is 0 Å². The Morgan fingerprint density at radius 3 is 2.35 bits per heavy atom. The van der Waals surface area contributed by atoms with Crippen molar-refractivity contribution in [2.24, 2.45) is 4.99 Å². The molecule has 0 fully saturated rings. The summed E-state index contributed by atoms with van der Waals surface area (Å²) in [6.45, 7) is 3.43. The van der Waals surface area contributed by atoms with Crippen molar-refractivity contribution in [1.29, 1.82) is 0 Å². The third-order valence-corrected chi connectivity index (χ3v) is 3.57. The minimum atomic E-state index is -4.42. The topological polar surface area (TPSA) is 47.9 Å². The van der Waals surface area contributed by atoms with E-state index in [-0.39, 0.29) is 30.5 Å². The average Bonchev–Trinajstić information content (AvgIpc) is 2.51. The number of nitrogens with one attached hydrogen (secondary N) is 1. The molecule has 0 aliphatic rings. The Balaban J connectivity index is 0.00000625. The van der Waals surface area contributed by atoms with Gasteiger partial charge in [-0.05, 0) is 25.0 Å². The highest BCUT2D eigenvalue weighted by Crippen LogP contribution is 2.15. The Morgan fingerprint density at radius 1 is 1.19 bits per heavy atom. The first kappa shape index (κ1) is 24.5. The van der Waals surface area contributed by atoms with E-state index in [0.717, 1.165) is 18.2 Å². The van der Waals surface area contributed by atoms with Gasteiger partial charge in [-0.2, -0.15) is 13.2 Å². The molecule has 26 heavy (non-hydrogen) atoms. The lowest BCUT2D eigenvalue weighted by Gasteiger charge is -2.23. The number of benzene rings is 1. The lowest BCUT2D eigenvalue weighted by atomic mass is 10.1. The third-order valence-electron chi connectivity index (χ3n) is 3.57. The first-order valence-electron chi connectivity index (χ1n) is 7.98. The SMILES string of the molecule is CCNC(=NCC(=O)N(C)CC(F)(F)F)N(C)Cc1ccccc1C.I. The van der Waals surface area contributed by atoms with Crippen molar-refractivity contribution in [3.05, 3.63) is 35.4 Å². The van der Waals surface area contributed by atoms with Crippen molar-refractivity contribution in [3.63, 3.8) is 0 Å². The highest BCUT2D eigenvalue weighted by Gasteiger charge is 2.31. The monoisotopic (exact) mass is 486 g/mol. The van der Waals surface area contributed by atoms with Crippen LogP contribution in [0.15, 0.2) is 29.3 Å². The molecule has 5 nitrogen and oxygen atoms in total. The summed E-state index contributed by atoms with van der Waals surface area (Å²) in [5.41, 5.74) is 2.24. The largest absolute Gasteiger partial charge is 0.406 e. The van der Waals surface area contributed by atoms with Crippen LogP contribution in [-0.2, 0) is 11.3 Å². The van der Waals surface area contributed by atoms with Crippen LogP contribution in [0.5, 0.6) is 0 Å². The Labute approximate surface area is 169 Å². The molecule has 0 saturated carbocycles. The summed E-state index contributed by atoms with van der Waals surface area (Å²) >= 11 is 0. The van der Waals surface area contributed by atoms with Crippen molar-refractivity contribution in [2.45, 2.75) is 26.6 Å². The number of aryl methyl sites for hydroxylation is 1. The third kappa shape index (κ3) is 8.72. The predicted octanol–water partition coefficient (Wildman–Crippen LogP) is 3.03. The van der Waals surface area contributed by atoms with Crippen LogP contribution in [-0.4, -0.2) is 61.6 Å². The number of guanidine groups is 1. The molecule has 9 heteroatoms. The van der Waals surface area contributed by atoms with E-state index in [1.54, 1.807) is 0 Å². The fourth-order valence-electron chi connectivity index (χ4n) is 2.21.